The Bertz CT molecular complexity index is 644. The third-order valence-electron chi connectivity index (χ3n) is 2.92. The van der Waals surface area contributed by atoms with E-state index in [0.717, 1.165) is 0 Å². The first-order valence-corrected chi connectivity index (χ1v) is 6.36. The fourth-order valence-corrected chi connectivity index (χ4v) is 1.99. The second-order valence-electron chi connectivity index (χ2n) is 4.51. The minimum Gasteiger partial charge on any atom is -0.481 e. The monoisotopic (exact) mass is 313 g/mol. The molecule has 0 amide bonds. The lowest BCUT2D eigenvalue weighted by Gasteiger charge is -2.24. The van der Waals surface area contributed by atoms with Crippen molar-refractivity contribution in [2.75, 3.05) is 29.2 Å². The smallest absolute Gasteiger partial charge is 0.354 e. The van der Waals surface area contributed by atoms with Gasteiger partial charge in [-0.15, -0.1) is 0 Å². The summed E-state index contributed by atoms with van der Waals surface area (Å²) in [6, 6.07) is 0. The molecule has 11 nitrogen and oxygen atoms in total. The number of aromatic amines is 1. The number of nitrogens with two attached hydrogens (primary N) is 1. The van der Waals surface area contributed by atoms with Gasteiger partial charge in [0.25, 0.3) is 5.56 Å². The fraction of sp³-hybridized carbons (Fsp3) is 0.455. The molecule has 22 heavy (non-hydrogen) atoms. The predicted octanol–water partition coefficient (Wildman–Crippen LogP) is -1.17. The Labute approximate surface area is 123 Å². The van der Waals surface area contributed by atoms with E-state index in [9.17, 15) is 19.5 Å². The van der Waals surface area contributed by atoms with E-state index in [0.29, 0.717) is 0 Å². The molecule has 2 rings (SSSR count). The van der Waals surface area contributed by atoms with Gasteiger partial charge in [0.05, 0.1) is 13.3 Å². The number of aliphatic carboxylic acids is 2. The topological polar surface area (TPSA) is 171 Å². The Morgan fingerprint density at radius 1 is 1.45 bits per heavy atom. The van der Waals surface area contributed by atoms with Gasteiger partial charge in [-0.25, -0.2) is 4.79 Å². The molecule has 1 aliphatic heterocycles. The maximum Gasteiger partial charge on any atom is 0.354 e. The minimum absolute atomic E-state index is 0.00473. The summed E-state index contributed by atoms with van der Waals surface area (Å²) < 4.78 is 5.20. The van der Waals surface area contributed by atoms with Crippen LogP contribution in [-0.4, -0.2) is 51.6 Å². The number of ether oxygens (including phenoxy) is 1. The van der Waals surface area contributed by atoms with E-state index >= 15 is 0 Å². The number of carboxylic acids is 2. The summed E-state index contributed by atoms with van der Waals surface area (Å²) in [7, 11) is 0. The molecule has 1 atom stereocenters. The van der Waals surface area contributed by atoms with E-state index in [2.05, 4.69) is 15.3 Å². The normalized spacial score (nSPS) is 14.3. The number of H-pyrrole nitrogens is 1. The summed E-state index contributed by atoms with van der Waals surface area (Å²) in [6.07, 6.45) is -1.37. The highest BCUT2D eigenvalue weighted by Gasteiger charge is 2.34. The number of hydrogen-bond donors (Lipinski definition) is 5. The van der Waals surface area contributed by atoms with Gasteiger partial charge in [0.15, 0.2) is 5.82 Å². The van der Waals surface area contributed by atoms with Crippen LogP contribution in [-0.2, 0) is 14.3 Å². The van der Waals surface area contributed by atoms with Gasteiger partial charge >= 0.3 is 11.9 Å². The predicted molar refractivity (Wildman–Crippen MR) is 74.5 cm³/mol. The molecule has 0 aliphatic carbocycles. The molecule has 6 N–H and O–H groups in total. The maximum atomic E-state index is 11.7. The Morgan fingerprint density at radius 2 is 2.18 bits per heavy atom. The van der Waals surface area contributed by atoms with Crippen LogP contribution in [0.25, 0.3) is 0 Å². The summed E-state index contributed by atoms with van der Waals surface area (Å²) in [5.41, 5.74) is 5.04. The molecule has 1 aromatic rings. The average Bonchev–Trinajstić information content (AvgIpc) is 2.81. The fourth-order valence-electron chi connectivity index (χ4n) is 1.99. The molecular weight excluding hydrogens is 298 g/mol. The van der Waals surface area contributed by atoms with Crippen molar-refractivity contribution in [2.24, 2.45) is 0 Å². The second-order valence-corrected chi connectivity index (χ2v) is 4.51. The summed E-state index contributed by atoms with van der Waals surface area (Å²) in [4.78, 5) is 40.9. The molecule has 0 spiro atoms. The van der Waals surface area contributed by atoms with Crippen LogP contribution in [0.5, 0.6) is 0 Å². The Morgan fingerprint density at radius 3 is 2.82 bits per heavy atom. The van der Waals surface area contributed by atoms with Crippen LogP contribution in [0, 0.1) is 0 Å². The number of carboxylic acid groups (broad SMARTS) is 2. The molecule has 0 saturated carbocycles. The first-order valence-electron chi connectivity index (χ1n) is 6.36. The van der Waals surface area contributed by atoms with Crippen molar-refractivity contribution in [3.63, 3.8) is 0 Å². The lowest BCUT2D eigenvalue weighted by atomic mass is 10.3. The largest absolute Gasteiger partial charge is 0.481 e. The third-order valence-corrected chi connectivity index (χ3v) is 2.92. The number of carbonyl (C=O) groups is 2. The van der Waals surface area contributed by atoms with E-state index < -0.39 is 23.7 Å². The van der Waals surface area contributed by atoms with Gasteiger partial charge in [-0.05, 0) is 6.42 Å². The molecular formula is C11H15N5O6. The number of aromatic nitrogens is 2. The van der Waals surface area contributed by atoms with Crippen LogP contribution in [0.15, 0.2) is 4.79 Å². The quantitative estimate of drug-likeness (QED) is 0.386. The Balaban J connectivity index is 2.13. The zero-order valence-corrected chi connectivity index (χ0v) is 11.4. The first kappa shape index (κ1) is 15.6. The van der Waals surface area contributed by atoms with Crippen molar-refractivity contribution < 1.29 is 24.5 Å². The standard InChI is InChI=1S/C11H15N5O6/c12-11-14-7-6(8(19)15-11)13-4-16(7)9(10(20)21)22-3-1-2-5(17)18/h9,13H,1-4H2,(H,17,18)(H,20,21)(H3,12,14,15,19). The summed E-state index contributed by atoms with van der Waals surface area (Å²) in [5, 5.41) is 20.5. The van der Waals surface area contributed by atoms with E-state index in [-0.39, 0.29) is 43.6 Å². The first-order chi connectivity index (χ1) is 10.4. The van der Waals surface area contributed by atoms with Crippen molar-refractivity contribution >= 4 is 29.4 Å². The lowest BCUT2D eigenvalue weighted by molar-refractivity contribution is -0.150. The molecule has 1 unspecified atom stereocenters. The number of hydrogen-bond acceptors (Lipinski definition) is 8. The van der Waals surface area contributed by atoms with Gasteiger partial charge in [0.2, 0.25) is 12.2 Å². The molecule has 1 aromatic heterocycles. The number of fused-ring (bicyclic) bond motifs is 1. The Kier molecular flexibility index (Phi) is 4.46. The van der Waals surface area contributed by atoms with E-state index in [1.54, 1.807) is 0 Å². The molecule has 1 aliphatic rings. The molecule has 0 bridgehead atoms. The van der Waals surface area contributed by atoms with Gasteiger partial charge in [-0.3, -0.25) is 14.6 Å². The zero-order chi connectivity index (χ0) is 16.3. The summed E-state index contributed by atoms with van der Waals surface area (Å²) in [6.45, 7) is -0.0570. The zero-order valence-electron chi connectivity index (χ0n) is 11.4. The van der Waals surface area contributed by atoms with E-state index in [1.807, 2.05) is 0 Å². The van der Waals surface area contributed by atoms with Crippen LogP contribution >= 0.6 is 0 Å². The lowest BCUT2D eigenvalue weighted by Crippen LogP contribution is -2.43. The van der Waals surface area contributed by atoms with Crippen LogP contribution in [0.1, 0.15) is 12.8 Å². The van der Waals surface area contributed by atoms with E-state index in [1.165, 1.54) is 4.90 Å². The van der Waals surface area contributed by atoms with Crippen molar-refractivity contribution in [1.82, 2.24) is 9.97 Å². The van der Waals surface area contributed by atoms with Crippen molar-refractivity contribution in [3.8, 4) is 0 Å². The van der Waals surface area contributed by atoms with Gasteiger partial charge in [0.1, 0.15) is 5.69 Å². The van der Waals surface area contributed by atoms with Crippen LogP contribution in [0.2, 0.25) is 0 Å². The summed E-state index contributed by atoms with van der Waals surface area (Å²) in [5.74, 6) is -2.35. The number of nitrogens with one attached hydrogen (secondary N) is 2. The number of nitrogens with zero attached hydrogens (tertiary/aromatic N) is 2. The molecule has 0 fully saturated rings. The van der Waals surface area contributed by atoms with Crippen molar-refractivity contribution in [3.05, 3.63) is 10.4 Å². The summed E-state index contributed by atoms with van der Waals surface area (Å²) >= 11 is 0. The molecule has 0 aromatic carbocycles. The highest BCUT2D eigenvalue weighted by Crippen LogP contribution is 2.28. The van der Waals surface area contributed by atoms with E-state index in [4.69, 9.17) is 15.6 Å². The molecule has 120 valence electrons. The van der Waals surface area contributed by atoms with Crippen LogP contribution in [0.4, 0.5) is 17.5 Å². The van der Waals surface area contributed by atoms with Crippen molar-refractivity contribution in [2.45, 2.75) is 19.1 Å². The molecule has 0 saturated heterocycles. The highest BCUT2D eigenvalue weighted by molar-refractivity contribution is 5.81. The van der Waals surface area contributed by atoms with Crippen molar-refractivity contribution in [1.29, 1.82) is 0 Å². The highest BCUT2D eigenvalue weighted by atomic mass is 16.5. The Hall–Kier alpha value is -2.82. The molecule has 11 heteroatoms. The minimum atomic E-state index is -1.41. The molecule has 0 radical (unpaired) electrons. The second kappa shape index (κ2) is 6.30. The third kappa shape index (κ3) is 3.25. The van der Waals surface area contributed by atoms with Gasteiger partial charge < -0.3 is 30.9 Å². The number of nitrogen functional groups attached to an aromatic ring is 1. The van der Waals surface area contributed by atoms with Gasteiger partial charge in [-0.2, -0.15) is 4.98 Å². The SMILES string of the molecule is Nc1nc2c(c(=O)[nH]1)NCN2C(OCCCC(=O)O)C(=O)O. The maximum absolute atomic E-state index is 11.7. The molecule has 2 heterocycles. The number of anilines is 3. The van der Waals surface area contributed by atoms with Crippen LogP contribution < -0.4 is 21.5 Å². The van der Waals surface area contributed by atoms with Gasteiger partial charge in [-0.1, -0.05) is 0 Å². The number of rotatable bonds is 7. The van der Waals surface area contributed by atoms with Crippen LogP contribution in [0.3, 0.4) is 0 Å². The van der Waals surface area contributed by atoms with Gasteiger partial charge in [0, 0.05) is 6.42 Å². The average molecular weight is 313 g/mol.